The number of rotatable bonds is 6. The maximum atomic E-state index is 11.7. The van der Waals surface area contributed by atoms with Gasteiger partial charge in [-0.05, 0) is 43.7 Å². The minimum absolute atomic E-state index is 0.359. The van der Waals surface area contributed by atoms with Crippen molar-refractivity contribution >= 4 is 17.6 Å². The summed E-state index contributed by atoms with van der Waals surface area (Å²) in [5.74, 6) is -0.359. The quantitative estimate of drug-likeness (QED) is 0.568. The Balaban J connectivity index is 2.20. The van der Waals surface area contributed by atoms with Gasteiger partial charge < -0.3 is 4.74 Å². The van der Waals surface area contributed by atoms with E-state index in [4.69, 9.17) is 16.3 Å². The van der Waals surface area contributed by atoms with Gasteiger partial charge in [-0.1, -0.05) is 36.7 Å². The van der Waals surface area contributed by atoms with Gasteiger partial charge in [0, 0.05) is 17.1 Å². The molecule has 4 nitrogen and oxygen atoms in total. The first-order chi connectivity index (χ1) is 11.5. The van der Waals surface area contributed by atoms with Crippen molar-refractivity contribution in [3.63, 3.8) is 0 Å². The van der Waals surface area contributed by atoms with Crippen LogP contribution >= 0.6 is 11.6 Å². The third-order valence-electron chi connectivity index (χ3n) is 3.45. The Labute approximate surface area is 147 Å². The summed E-state index contributed by atoms with van der Waals surface area (Å²) in [5, 5.41) is 5.34. The van der Waals surface area contributed by atoms with E-state index in [-0.39, 0.29) is 5.97 Å². The van der Waals surface area contributed by atoms with Gasteiger partial charge in [0.15, 0.2) is 0 Å². The third-order valence-corrected chi connectivity index (χ3v) is 3.73. The van der Waals surface area contributed by atoms with Gasteiger partial charge in [-0.15, -0.1) is 0 Å². The van der Waals surface area contributed by atoms with Gasteiger partial charge in [0.25, 0.3) is 0 Å². The molecule has 0 aliphatic heterocycles. The van der Waals surface area contributed by atoms with Crippen LogP contribution in [0.25, 0.3) is 5.69 Å². The van der Waals surface area contributed by atoms with Gasteiger partial charge in [0.1, 0.15) is 0 Å². The van der Waals surface area contributed by atoms with Gasteiger partial charge in [-0.25, -0.2) is 9.48 Å². The van der Waals surface area contributed by atoms with Crippen LogP contribution in [0.2, 0.25) is 0 Å². The minimum Gasteiger partial charge on any atom is -0.465 e. The van der Waals surface area contributed by atoms with Crippen molar-refractivity contribution < 1.29 is 9.53 Å². The molecule has 0 N–H and O–H groups in total. The molecule has 0 saturated heterocycles. The molecule has 2 rings (SSSR count). The van der Waals surface area contributed by atoms with E-state index in [1.807, 2.05) is 55.0 Å². The van der Waals surface area contributed by atoms with Crippen molar-refractivity contribution in [1.29, 1.82) is 0 Å². The number of nitrogens with zero attached hydrogens (tertiary/aromatic N) is 2. The van der Waals surface area contributed by atoms with E-state index in [1.165, 1.54) is 7.11 Å². The average Bonchev–Trinajstić information content (AvgIpc) is 2.95. The van der Waals surface area contributed by atoms with Crippen molar-refractivity contribution in [1.82, 2.24) is 9.78 Å². The summed E-state index contributed by atoms with van der Waals surface area (Å²) in [5.41, 5.74) is 3.26. The maximum Gasteiger partial charge on any atom is 0.337 e. The standard InChI is InChI=1S/C19H21ClN2O2/c1-4-7-16(20)9-6-10-17-12-14(2)22(21-17)18-11-5-8-15(13-18)19(23)24-3/h5-9,11-13H,4,10H2,1-3H3/b9-6-,16-7+. The zero-order valence-corrected chi connectivity index (χ0v) is 14.9. The van der Waals surface area contributed by atoms with Crippen LogP contribution in [0.5, 0.6) is 0 Å². The summed E-state index contributed by atoms with van der Waals surface area (Å²) in [7, 11) is 1.37. The molecule has 1 heterocycles. The van der Waals surface area contributed by atoms with E-state index in [2.05, 4.69) is 5.10 Å². The van der Waals surface area contributed by atoms with Gasteiger partial charge >= 0.3 is 5.97 Å². The maximum absolute atomic E-state index is 11.7. The third kappa shape index (κ3) is 4.59. The first-order valence-electron chi connectivity index (χ1n) is 7.81. The van der Waals surface area contributed by atoms with Crippen molar-refractivity contribution in [3.8, 4) is 5.69 Å². The second-order valence-corrected chi connectivity index (χ2v) is 5.77. The van der Waals surface area contributed by atoms with Gasteiger partial charge in [-0.3, -0.25) is 0 Å². The number of carbonyl (C=O) groups excluding carboxylic acids is 1. The molecule has 0 fully saturated rings. The molecule has 0 atom stereocenters. The van der Waals surface area contributed by atoms with Crippen molar-refractivity contribution in [2.24, 2.45) is 0 Å². The van der Waals surface area contributed by atoms with E-state index in [1.54, 1.807) is 12.1 Å². The summed E-state index contributed by atoms with van der Waals surface area (Å²) in [4.78, 5) is 11.7. The Hall–Kier alpha value is -2.33. The van der Waals surface area contributed by atoms with Crippen LogP contribution in [-0.2, 0) is 11.2 Å². The highest BCUT2D eigenvalue weighted by atomic mass is 35.5. The van der Waals surface area contributed by atoms with Gasteiger partial charge in [-0.2, -0.15) is 5.10 Å². The molecule has 0 amide bonds. The Morgan fingerprint density at radius 1 is 1.38 bits per heavy atom. The molecule has 0 spiro atoms. The van der Waals surface area contributed by atoms with E-state index >= 15 is 0 Å². The number of methoxy groups -OCH3 is 1. The summed E-state index contributed by atoms with van der Waals surface area (Å²) in [6, 6.07) is 9.24. The fraction of sp³-hybridized carbons (Fsp3) is 0.263. The summed E-state index contributed by atoms with van der Waals surface area (Å²) < 4.78 is 6.58. The Morgan fingerprint density at radius 2 is 2.17 bits per heavy atom. The number of hydrogen-bond donors (Lipinski definition) is 0. The van der Waals surface area contributed by atoms with Crippen molar-refractivity contribution in [3.05, 3.63) is 70.5 Å². The monoisotopic (exact) mass is 344 g/mol. The van der Waals surface area contributed by atoms with E-state index in [0.29, 0.717) is 12.0 Å². The normalized spacial score (nSPS) is 11.9. The van der Waals surface area contributed by atoms with Crippen LogP contribution in [0.4, 0.5) is 0 Å². The molecule has 0 unspecified atom stereocenters. The highest BCUT2D eigenvalue weighted by molar-refractivity contribution is 6.31. The molecule has 126 valence electrons. The first kappa shape index (κ1) is 18.0. The molecule has 1 aromatic heterocycles. The molecule has 0 bridgehead atoms. The Kier molecular flexibility index (Phi) is 6.38. The summed E-state index contributed by atoms with van der Waals surface area (Å²) >= 11 is 6.05. The molecule has 24 heavy (non-hydrogen) atoms. The van der Waals surface area contributed by atoms with Crippen molar-refractivity contribution in [2.45, 2.75) is 26.7 Å². The molecule has 5 heteroatoms. The second kappa shape index (κ2) is 8.50. The number of allylic oxidation sites excluding steroid dienone is 4. The van der Waals surface area contributed by atoms with Crippen molar-refractivity contribution in [2.75, 3.05) is 7.11 Å². The largest absolute Gasteiger partial charge is 0.465 e. The number of benzene rings is 1. The van der Waals surface area contributed by atoms with E-state index < -0.39 is 0 Å². The predicted octanol–water partition coefficient (Wildman–Crippen LogP) is 4.60. The van der Waals surface area contributed by atoms with Crippen LogP contribution < -0.4 is 0 Å². The Morgan fingerprint density at radius 3 is 2.88 bits per heavy atom. The molecule has 0 saturated carbocycles. The smallest absolute Gasteiger partial charge is 0.337 e. The molecule has 2 aromatic rings. The van der Waals surface area contributed by atoms with Crippen LogP contribution in [0, 0.1) is 6.92 Å². The first-order valence-corrected chi connectivity index (χ1v) is 8.19. The zero-order chi connectivity index (χ0) is 17.5. The van der Waals surface area contributed by atoms with E-state index in [0.717, 1.165) is 28.5 Å². The molecule has 0 radical (unpaired) electrons. The topological polar surface area (TPSA) is 44.1 Å². The molecule has 1 aromatic carbocycles. The van der Waals surface area contributed by atoms with Gasteiger partial charge in [0.05, 0.1) is 24.1 Å². The lowest BCUT2D eigenvalue weighted by molar-refractivity contribution is 0.0600. The lowest BCUT2D eigenvalue weighted by Crippen LogP contribution is -2.04. The number of ether oxygens (including phenoxy) is 1. The second-order valence-electron chi connectivity index (χ2n) is 5.33. The fourth-order valence-electron chi connectivity index (χ4n) is 2.34. The van der Waals surface area contributed by atoms with Crippen LogP contribution in [0.1, 0.15) is 35.1 Å². The fourth-order valence-corrected chi connectivity index (χ4v) is 2.58. The highest BCUT2D eigenvalue weighted by Gasteiger charge is 2.09. The highest BCUT2D eigenvalue weighted by Crippen LogP contribution is 2.15. The molecule has 0 aliphatic rings. The number of esters is 1. The lowest BCUT2D eigenvalue weighted by Gasteiger charge is -2.06. The lowest BCUT2D eigenvalue weighted by atomic mass is 10.2. The number of aromatic nitrogens is 2. The number of carbonyl (C=O) groups is 1. The summed E-state index contributed by atoms with van der Waals surface area (Å²) in [6.45, 7) is 4.03. The van der Waals surface area contributed by atoms with Crippen LogP contribution in [0.3, 0.4) is 0 Å². The van der Waals surface area contributed by atoms with Crippen LogP contribution in [0.15, 0.2) is 53.6 Å². The zero-order valence-electron chi connectivity index (χ0n) is 14.1. The molecule has 0 aliphatic carbocycles. The number of hydrogen-bond acceptors (Lipinski definition) is 3. The predicted molar refractivity (Wildman–Crippen MR) is 96.7 cm³/mol. The molecular formula is C19H21ClN2O2. The Bertz CT molecular complexity index is 775. The molecular weight excluding hydrogens is 324 g/mol. The van der Waals surface area contributed by atoms with Gasteiger partial charge in [0.2, 0.25) is 0 Å². The van der Waals surface area contributed by atoms with Crippen LogP contribution in [-0.4, -0.2) is 22.9 Å². The number of halogens is 1. The minimum atomic E-state index is -0.359. The van der Waals surface area contributed by atoms with E-state index in [9.17, 15) is 4.79 Å². The average molecular weight is 345 g/mol. The summed E-state index contributed by atoms with van der Waals surface area (Å²) in [6.07, 6.45) is 7.44. The SMILES string of the molecule is CC/C=C(Cl)\C=C/Cc1cc(C)n(-c2cccc(C(=O)OC)c2)n1. The number of aryl methyl sites for hydroxylation is 1.